The van der Waals surface area contributed by atoms with Crippen LogP contribution >= 0.6 is 15.9 Å². The summed E-state index contributed by atoms with van der Waals surface area (Å²) in [5.74, 6) is 0.210. The van der Waals surface area contributed by atoms with E-state index in [1.54, 1.807) is 6.07 Å². The third kappa shape index (κ3) is 1.22. The van der Waals surface area contributed by atoms with Crippen molar-refractivity contribution in [3.05, 3.63) is 28.2 Å². The number of nitrogens with zero attached hydrogens (tertiary/aromatic N) is 1. The third-order valence-corrected chi connectivity index (χ3v) is 3.11. The van der Waals surface area contributed by atoms with Gasteiger partial charge in [0, 0.05) is 5.56 Å². The number of halogens is 1. The van der Waals surface area contributed by atoms with Gasteiger partial charge < -0.3 is 5.11 Å². The molecule has 13 heavy (non-hydrogen) atoms. The van der Waals surface area contributed by atoms with E-state index < -0.39 is 5.41 Å². The molecule has 1 aromatic rings. The summed E-state index contributed by atoms with van der Waals surface area (Å²) >= 11 is 3.24. The van der Waals surface area contributed by atoms with Gasteiger partial charge in [0.25, 0.3) is 0 Å². The first-order chi connectivity index (χ1) is 6.19. The second-order valence-corrected chi connectivity index (χ2v) is 4.18. The summed E-state index contributed by atoms with van der Waals surface area (Å²) in [5, 5.41) is 18.7. The lowest BCUT2D eigenvalue weighted by Gasteiger charge is -2.09. The van der Waals surface area contributed by atoms with Crippen LogP contribution in [0.4, 0.5) is 0 Å². The van der Waals surface area contributed by atoms with Gasteiger partial charge in [0.1, 0.15) is 5.75 Å². The van der Waals surface area contributed by atoms with Crippen LogP contribution in [-0.4, -0.2) is 5.11 Å². The van der Waals surface area contributed by atoms with Crippen molar-refractivity contribution in [2.75, 3.05) is 0 Å². The topological polar surface area (TPSA) is 44.0 Å². The standard InChI is InChI=1S/C10H8BrNO/c11-8-3-1-2-7(9(8)13)10(6-12)4-5-10/h1-3,13H,4-5H2. The third-order valence-electron chi connectivity index (χ3n) is 2.47. The molecular weight excluding hydrogens is 230 g/mol. The molecule has 0 aromatic heterocycles. The Morgan fingerprint density at radius 1 is 1.46 bits per heavy atom. The number of aromatic hydroxyl groups is 1. The van der Waals surface area contributed by atoms with Crippen LogP contribution in [0.2, 0.25) is 0 Å². The van der Waals surface area contributed by atoms with E-state index in [1.807, 2.05) is 12.1 Å². The van der Waals surface area contributed by atoms with Crippen LogP contribution < -0.4 is 0 Å². The SMILES string of the molecule is N#CC1(c2cccc(Br)c2O)CC1. The van der Waals surface area contributed by atoms with Crippen molar-refractivity contribution in [2.45, 2.75) is 18.3 Å². The molecule has 0 amide bonds. The van der Waals surface area contributed by atoms with E-state index in [4.69, 9.17) is 5.26 Å². The van der Waals surface area contributed by atoms with E-state index >= 15 is 0 Å². The van der Waals surface area contributed by atoms with Gasteiger partial charge >= 0.3 is 0 Å². The van der Waals surface area contributed by atoms with E-state index in [2.05, 4.69) is 22.0 Å². The fourth-order valence-corrected chi connectivity index (χ4v) is 1.83. The summed E-state index contributed by atoms with van der Waals surface area (Å²) in [4.78, 5) is 0. The highest BCUT2D eigenvalue weighted by Gasteiger charge is 2.46. The predicted molar refractivity (Wildman–Crippen MR) is 52.3 cm³/mol. The minimum Gasteiger partial charge on any atom is -0.506 e. The number of phenolic OH excluding ortho intramolecular Hbond substituents is 1. The molecule has 2 rings (SSSR count). The number of rotatable bonds is 1. The Morgan fingerprint density at radius 2 is 2.15 bits per heavy atom. The number of hydrogen-bond acceptors (Lipinski definition) is 2. The van der Waals surface area contributed by atoms with E-state index in [1.165, 1.54) is 0 Å². The molecule has 2 nitrogen and oxygen atoms in total. The number of para-hydroxylation sites is 1. The number of phenols is 1. The molecule has 1 saturated carbocycles. The van der Waals surface area contributed by atoms with E-state index in [0.29, 0.717) is 4.47 Å². The van der Waals surface area contributed by atoms with Gasteiger partial charge in [-0.05, 0) is 34.8 Å². The second kappa shape index (κ2) is 2.74. The van der Waals surface area contributed by atoms with Crippen LogP contribution in [0.25, 0.3) is 0 Å². The van der Waals surface area contributed by atoms with Crippen molar-refractivity contribution in [3.63, 3.8) is 0 Å². The molecule has 1 aliphatic rings. The smallest absolute Gasteiger partial charge is 0.134 e. The van der Waals surface area contributed by atoms with Gasteiger partial charge in [0.2, 0.25) is 0 Å². The average Bonchev–Trinajstić information content (AvgIpc) is 2.90. The highest BCUT2D eigenvalue weighted by molar-refractivity contribution is 9.10. The van der Waals surface area contributed by atoms with Crippen molar-refractivity contribution in [3.8, 4) is 11.8 Å². The van der Waals surface area contributed by atoms with Gasteiger partial charge in [-0.3, -0.25) is 0 Å². The first-order valence-corrected chi connectivity index (χ1v) is 4.88. The molecule has 1 N–H and O–H groups in total. The van der Waals surface area contributed by atoms with Gasteiger partial charge in [-0.15, -0.1) is 0 Å². The largest absolute Gasteiger partial charge is 0.506 e. The molecule has 0 radical (unpaired) electrons. The minimum absolute atomic E-state index is 0.210. The Bertz CT molecular complexity index is 390. The zero-order valence-electron chi connectivity index (χ0n) is 6.92. The van der Waals surface area contributed by atoms with Crippen LogP contribution in [-0.2, 0) is 5.41 Å². The molecule has 0 unspecified atom stereocenters. The van der Waals surface area contributed by atoms with Crippen molar-refractivity contribution in [2.24, 2.45) is 0 Å². The van der Waals surface area contributed by atoms with Gasteiger partial charge in [0.15, 0.2) is 0 Å². The Labute approximate surface area is 84.9 Å². The van der Waals surface area contributed by atoms with Crippen LogP contribution in [0.15, 0.2) is 22.7 Å². The molecule has 1 fully saturated rings. The summed E-state index contributed by atoms with van der Waals surface area (Å²) in [5.41, 5.74) is 0.345. The van der Waals surface area contributed by atoms with Crippen molar-refractivity contribution in [1.82, 2.24) is 0 Å². The number of benzene rings is 1. The molecule has 0 heterocycles. The number of hydrogen-bond donors (Lipinski definition) is 1. The molecule has 0 bridgehead atoms. The molecule has 0 atom stereocenters. The summed E-state index contributed by atoms with van der Waals surface area (Å²) in [7, 11) is 0. The van der Waals surface area contributed by atoms with E-state index in [0.717, 1.165) is 18.4 Å². The summed E-state index contributed by atoms with van der Waals surface area (Å²) in [6.45, 7) is 0. The Balaban J connectivity index is 2.54. The highest BCUT2D eigenvalue weighted by atomic mass is 79.9. The van der Waals surface area contributed by atoms with Gasteiger partial charge in [-0.1, -0.05) is 12.1 Å². The normalized spacial score (nSPS) is 17.8. The van der Waals surface area contributed by atoms with Gasteiger partial charge in [-0.25, -0.2) is 0 Å². The summed E-state index contributed by atoms with van der Waals surface area (Å²) in [6, 6.07) is 7.69. The van der Waals surface area contributed by atoms with Gasteiger partial charge in [0.05, 0.1) is 16.0 Å². The molecule has 66 valence electrons. The first kappa shape index (κ1) is 8.58. The lowest BCUT2D eigenvalue weighted by Crippen LogP contribution is -2.02. The van der Waals surface area contributed by atoms with Crippen LogP contribution in [0.3, 0.4) is 0 Å². The Morgan fingerprint density at radius 3 is 2.69 bits per heavy atom. The average molecular weight is 238 g/mol. The fraction of sp³-hybridized carbons (Fsp3) is 0.300. The van der Waals surface area contributed by atoms with Crippen molar-refractivity contribution in [1.29, 1.82) is 5.26 Å². The maximum atomic E-state index is 9.71. The minimum atomic E-state index is -0.409. The molecular formula is C10H8BrNO. The number of nitriles is 1. The zero-order valence-corrected chi connectivity index (χ0v) is 8.50. The second-order valence-electron chi connectivity index (χ2n) is 3.33. The molecule has 0 saturated heterocycles. The summed E-state index contributed by atoms with van der Waals surface area (Å²) < 4.78 is 0.659. The fourth-order valence-electron chi connectivity index (χ4n) is 1.47. The van der Waals surface area contributed by atoms with E-state index in [-0.39, 0.29) is 5.75 Å². The Hall–Kier alpha value is -1.01. The monoisotopic (exact) mass is 237 g/mol. The maximum Gasteiger partial charge on any atom is 0.134 e. The quantitative estimate of drug-likeness (QED) is 0.817. The lowest BCUT2D eigenvalue weighted by molar-refractivity contribution is 0.461. The highest BCUT2D eigenvalue weighted by Crippen LogP contribution is 2.51. The van der Waals surface area contributed by atoms with E-state index in [9.17, 15) is 5.11 Å². The van der Waals surface area contributed by atoms with Crippen molar-refractivity contribution < 1.29 is 5.11 Å². The maximum absolute atomic E-state index is 9.71. The predicted octanol–water partition coefficient (Wildman–Crippen LogP) is 2.71. The van der Waals surface area contributed by atoms with Crippen LogP contribution in [0.1, 0.15) is 18.4 Å². The van der Waals surface area contributed by atoms with Crippen LogP contribution in [0, 0.1) is 11.3 Å². The molecule has 0 spiro atoms. The summed E-state index contributed by atoms with van der Waals surface area (Å²) in [6.07, 6.45) is 1.71. The lowest BCUT2D eigenvalue weighted by atomic mass is 9.97. The molecule has 1 aromatic carbocycles. The van der Waals surface area contributed by atoms with Crippen molar-refractivity contribution >= 4 is 15.9 Å². The molecule has 0 aliphatic heterocycles. The Kier molecular flexibility index (Phi) is 1.81. The van der Waals surface area contributed by atoms with Gasteiger partial charge in [-0.2, -0.15) is 5.26 Å². The first-order valence-electron chi connectivity index (χ1n) is 4.09. The molecule has 3 heteroatoms. The molecule has 1 aliphatic carbocycles. The zero-order chi connectivity index (χ0) is 9.47. The van der Waals surface area contributed by atoms with Crippen LogP contribution in [0.5, 0.6) is 5.75 Å².